The molecular weight excluding hydrogens is 351 g/mol. The zero-order valence-corrected chi connectivity index (χ0v) is 15.6. The first kappa shape index (κ1) is 16.4. The van der Waals surface area contributed by atoms with Gasteiger partial charge in [-0.05, 0) is 41.8 Å². The minimum Gasteiger partial charge on any atom is -0.318 e. The smallest absolute Gasteiger partial charge is 0.0803 e. The third-order valence-electron chi connectivity index (χ3n) is 4.59. The molecule has 0 amide bonds. The van der Waals surface area contributed by atoms with Crippen LogP contribution in [-0.4, -0.2) is 10.3 Å². The van der Waals surface area contributed by atoms with Gasteiger partial charge < -0.3 is 4.57 Å². The minimum absolute atomic E-state index is 0.474. The molecular formula is C21H18Cl2N2. The Labute approximate surface area is 157 Å². The second-order valence-electron chi connectivity index (χ2n) is 6.60. The van der Waals surface area contributed by atoms with E-state index in [1.807, 2.05) is 36.4 Å². The first-order valence-corrected chi connectivity index (χ1v) is 9.11. The third kappa shape index (κ3) is 2.90. The molecule has 3 aromatic rings. The van der Waals surface area contributed by atoms with Gasteiger partial charge in [0.25, 0.3) is 0 Å². The van der Waals surface area contributed by atoms with Gasteiger partial charge in [0.2, 0.25) is 0 Å². The van der Waals surface area contributed by atoms with Crippen LogP contribution >= 0.6 is 23.2 Å². The van der Waals surface area contributed by atoms with E-state index in [9.17, 15) is 0 Å². The molecule has 2 heterocycles. The third-order valence-corrected chi connectivity index (χ3v) is 5.15. The SMILES string of the molecule is CC(C)c1cc2n(c1)-c1ccc(Cl)cc1C(c1ccccc1Cl)=NC2. The maximum Gasteiger partial charge on any atom is 0.0803 e. The van der Waals surface area contributed by atoms with E-state index in [-0.39, 0.29) is 0 Å². The van der Waals surface area contributed by atoms with Crippen LogP contribution in [0.5, 0.6) is 0 Å². The number of nitrogens with zero attached hydrogens (tertiary/aromatic N) is 2. The van der Waals surface area contributed by atoms with E-state index in [4.69, 9.17) is 28.2 Å². The van der Waals surface area contributed by atoms with Crippen LogP contribution < -0.4 is 0 Å². The highest BCUT2D eigenvalue weighted by molar-refractivity contribution is 6.36. The van der Waals surface area contributed by atoms with Gasteiger partial charge in [-0.25, -0.2) is 0 Å². The van der Waals surface area contributed by atoms with Crippen molar-refractivity contribution >= 4 is 28.9 Å². The molecule has 2 aromatic carbocycles. The molecule has 0 radical (unpaired) electrons. The lowest BCUT2D eigenvalue weighted by molar-refractivity contribution is 0.863. The van der Waals surface area contributed by atoms with E-state index in [1.165, 1.54) is 11.3 Å². The summed E-state index contributed by atoms with van der Waals surface area (Å²) >= 11 is 12.8. The summed E-state index contributed by atoms with van der Waals surface area (Å²) in [4.78, 5) is 4.90. The summed E-state index contributed by atoms with van der Waals surface area (Å²) in [7, 11) is 0. The average molecular weight is 369 g/mol. The van der Waals surface area contributed by atoms with E-state index in [0.29, 0.717) is 22.5 Å². The monoisotopic (exact) mass is 368 g/mol. The van der Waals surface area contributed by atoms with E-state index in [2.05, 4.69) is 36.7 Å². The van der Waals surface area contributed by atoms with Gasteiger partial charge in [-0.1, -0.05) is 55.2 Å². The molecule has 0 unspecified atom stereocenters. The van der Waals surface area contributed by atoms with Crippen molar-refractivity contribution in [3.63, 3.8) is 0 Å². The van der Waals surface area contributed by atoms with Crippen LogP contribution in [0.2, 0.25) is 10.0 Å². The maximum absolute atomic E-state index is 6.45. The fourth-order valence-corrected chi connectivity index (χ4v) is 3.63. The number of benzene rings is 2. The Hall–Kier alpha value is -2.03. The Kier molecular flexibility index (Phi) is 4.18. The van der Waals surface area contributed by atoms with Crippen molar-refractivity contribution < 1.29 is 0 Å². The lowest BCUT2D eigenvalue weighted by Crippen LogP contribution is -2.07. The van der Waals surface area contributed by atoms with Crippen LogP contribution in [-0.2, 0) is 6.54 Å². The highest BCUT2D eigenvalue weighted by Gasteiger charge is 2.21. The lowest BCUT2D eigenvalue weighted by atomic mass is 10.0. The number of hydrogen-bond acceptors (Lipinski definition) is 1. The van der Waals surface area contributed by atoms with Crippen molar-refractivity contribution in [3.8, 4) is 5.69 Å². The molecule has 126 valence electrons. The summed E-state index contributed by atoms with van der Waals surface area (Å²) < 4.78 is 2.23. The molecule has 4 rings (SSSR count). The summed E-state index contributed by atoms with van der Waals surface area (Å²) in [6.07, 6.45) is 2.21. The Bertz CT molecular complexity index is 983. The van der Waals surface area contributed by atoms with Gasteiger partial charge in [0.1, 0.15) is 0 Å². The van der Waals surface area contributed by atoms with E-state index in [0.717, 1.165) is 22.5 Å². The van der Waals surface area contributed by atoms with Gasteiger partial charge >= 0.3 is 0 Å². The number of aromatic nitrogens is 1. The van der Waals surface area contributed by atoms with E-state index < -0.39 is 0 Å². The van der Waals surface area contributed by atoms with E-state index in [1.54, 1.807) is 0 Å². The molecule has 2 nitrogen and oxygen atoms in total. The zero-order chi connectivity index (χ0) is 17.6. The Morgan fingerprint density at radius 3 is 2.56 bits per heavy atom. The number of aliphatic imine (C=N–C) groups is 1. The average Bonchev–Trinajstić information content (AvgIpc) is 2.95. The molecule has 1 aliphatic heterocycles. The van der Waals surface area contributed by atoms with Crippen LogP contribution in [0, 0.1) is 0 Å². The highest BCUT2D eigenvalue weighted by Crippen LogP contribution is 2.32. The van der Waals surface area contributed by atoms with Crippen LogP contribution in [0.3, 0.4) is 0 Å². The molecule has 25 heavy (non-hydrogen) atoms. The summed E-state index contributed by atoms with van der Waals surface area (Å²) in [5.41, 5.74) is 6.40. The topological polar surface area (TPSA) is 17.3 Å². The molecule has 0 atom stereocenters. The molecule has 0 bridgehead atoms. The number of hydrogen-bond donors (Lipinski definition) is 0. The van der Waals surface area contributed by atoms with Gasteiger partial charge in [0, 0.05) is 33.1 Å². The van der Waals surface area contributed by atoms with Gasteiger partial charge in [0.05, 0.1) is 17.9 Å². The van der Waals surface area contributed by atoms with Crippen LogP contribution in [0.4, 0.5) is 0 Å². The van der Waals surface area contributed by atoms with Gasteiger partial charge in [0.15, 0.2) is 0 Å². The fourth-order valence-electron chi connectivity index (χ4n) is 3.23. The number of rotatable bonds is 2. The summed E-state index contributed by atoms with van der Waals surface area (Å²) in [5.74, 6) is 0.474. The molecule has 4 heteroatoms. The first-order valence-electron chi connectivity index (χ1n) is 8.35. The van der Waals surface area contributed by atoms with Crippen LogP contribution in [0.1, 0.15) is 42.1 Å². The Morgan fingerprint density at radius 2 is 1.80 bits per heavy atom. The molecule has 0 saturated carbocycles. The largest absolute Gasteiger partial charge is 0.318 e. The molecule has 0 spiro atoms. The predicted molar refractivity (Wildman–Crippen MR) is 106 cm³/mol. The van der Waals surface area contributed by atoms with Crippen molar-refractivity contribution in [1.29, 1.82) is 0 Å². The Balaban J connectivity index is 1.97. The Morgan fingerprint density at radius 1 is 1.00 bits per heavy atom. The van der Waals surface area contributed by atoms with Crippen LogP contribution in [0.25, 0.3) is 5.69 Å². The first-order chi connectivity index (χ1) is 12.0. The van der Waals surface area contributed by atoms with Gasteiger partial charge in [-0.15, -0.1) is 0 Å². The molecule has 0 N–H and O–H groups in total. The summed E-state index contributed by atoms with van der Waals surface area (Å²) in [6.45, 7) is 5.02. The summed E-state index contributed by atoms with van der Waals surface area (Å²) in [6, 6.07) is 16.0. The van der Waals surface area contributed by atoms with Crippen molar-refractivity contribution in [1.82, 2.24) is 4.57 Å². The quantitative estimate of drug-likeness (QED) is 0.507. The van der Waals surface area contributed by atoms with Crippen molar-refractivity contribution in [3.05, 3.63) is 87.2 Å². The van der Waals surface area contributed by atoms with Crippen molar-refractivity contribution in [2.75, 3.05) is 0 Å². The van der Waals surface area contributed by atoms with Crippen molar-refractivity contribution in [2.45, 2.75) is 26.3 Å². The molecule has 0 aliphatic carbocycles. The van der Waals surface area contributed by atoms with Crippen molar-refractivity contribution in [2.24, 2.45) is 4.99 Å². The molecule has 1 aromatic heterocycles. The number of fused-ring (bicyclic) bond motifs is 3. The molecule has 1 aliphatic rings. The molecule has 0 saturated heterocycles. The number of halogens is 2. The van der Waals surface area contributed by atoms with Gasteiger partial charge in [-0.3, -0.25) is 4.99 Å². The normalized spacial score (nSPS) is 13.2. The maximum atomic E-state index is 6.45. The second-order valence-corrected chi connectivity index (χ2v) is 7.44. The standard InChI is InChI=1S/C21H18Cl2N2/c1-13(2)14-9-16-11-24-21(17-5-3-4-6-19(17)23)18-10-15(22)7-8-20(18)25(16)12-14/h3-10,12-13H,11H2,1-2H3. The fraction of sp³-hybridized carbons (Fsp3) is 0.190. The van der Waals surface area contributed by atoms with E-state index >= 15 is 0 Å². The lowest BCUT2D eigenvalue weighted by Gasteiger charge is -2.13. The highest BCUT2D eigenvalue weighted by atomic mass is 35.5. The second kappa shape index (κ2) is 6.36. The zero-order valence-electron chi connectivity index (χ0n) is 14.1. The predicted octanol–water partition coefficient (Wildman–Crippen LogP) is 6.26. The molecule has 0 fully saturated rings. The van der Waals surface area contributed by atoms with Crippen LogP contribution in [0.15, 0.2) is 59.7 Å². The minimum atomic E-state index is 0.474. The van der Waals surface area contributed by atoms with Gasteiger partial charge in [-0.2, -0.15) is 0 Å². The summed E-state index contributed by atoms with van der Waals surface area (Å²) in [5, 5.41) is 1.39.